The molecule has 0 bridgehead atoms. The minimum Gasteiger partial charge on any atom is -0.454 e. The van der Waals surface area contributed by atoms with Crippen LogP contribution in [0.1, 0.15) is 23.1 Å². The topological polar surface area (TPSA) is 83.0 Å². The molecule has 0 aliphatic carbocycles. The predicted octanol–water partition coefficient (Wildman–Crippen LogP) is 1.89. The van der Waals surface area contributed by atoms with Crippen LogP contribution >= 0.6 is 11.6 Å². The molecule has 0 aliphatic heterocycles. The Morgan fingerprint density at radius 3 is 3.00 bits per heavy atom. The molecule has 1 aromatic heterocycles. The van der Waals surface area contributed by atoms with E-state index in [0.29, 0.717) is 12.4 Å². The molecular formula is C12H13ClN4O2. The summed E-state index contributed by atoms with van der Waals surface area (Å²) in [7, 11) is 0. The molecule has 0 fully saturated rings. The van der Waals surface area contributed by atoms with E-state index < -0.39 is 5.97 Å². The van der Waals surface area contributed by atoms with Gasteiger partial charge in [-0.3, -0.25) is 0 Å². The van der Waals surface area contributed by atoms with E-state index in [4.69, 9.17) is 22.1 Å². The Bertz CT molecular complexity index is 577. The van der Waals surface area contributed by atoms with Crippen LogP contribution in [0.5, 0.6) is 0 Å². The van der Waals surface area contributed by atoms with Crippen LogP contribution in [0.25, 0.3) is 0 Å². The SMILES string of the molecule is CCn1ncnc1COC(=O)c1c(N)cccc1Cl. The number of ether oxygens (including phenoxy) is 1. The van der Waals surface area contributed by atoms with E-state index in [-0.39, 0.29) is 22.9 Å². The number of nitrogens with zero attached hydrogens (tertiary/aromatic N) is 3. The van der Waals surface area contributed by atoms with Crippen molar-refractivity contribution in [3.63, 3.8) is 0 Å². The lowest BCUT2D eigenvalue weighted by atomic mass is 10.2. The Kier molecular flexibility index (Phi) is 4.01. The number of halogens is 1. The van der Waals surface area contributed by atoms with Crippen LogP contribution in [0, 0.1) is 0 Å². The highest BCUT2D eigenvalue weighted by Crippen LogP contribution is 2.23. The lowest BCUT2D eigenvalue weighted by molar-refractivity contribution is 0.0458. The van der Waals surface area contributed by atoms with Crippen molar-refractivity contribution in [3.8, 4) is 0 Å². The van der Waals surface area contributed by atoms with Crippen LogP contribution in [-0.2, 0) is 17.9 Å². The van der Waals surface area contributed by atoms with Gasteiger partial charge in [0.2, 0.25) is 0 Å². The number of hydrogen-bond donors (Lipinski definition) is 1. The third kappa shape index (κ3) is 2.85. The third-order valence-electron chi connectivity index (χ3n) is 2.58. The van der Waals surface area contributed by atoms with Gasteiger partial charge in [-0.1, -0.05) is 17.7 Å². The van der Waals surface area contributed by atoms with Crippen LogP contribution in [0.2, 0.25) is 5.02 Å². The van der Waals surface area contributed by atoms with Gasteiger partial charge < -0.3 is 10.5 Å². The lowest BCUT2D eigenvalue weighted by Gasteiger charge is -2.08. The molecule has 1 aromatic carbocycles. The summed E-state index contributed by atoms with van der Waals surface area (Å²) in [6.45, 7) is 2.60. The highest BCUT2D eigenvalue weighted by atomic mass is 35.5. The van der Waals surface area contributed by atoms with Gasteiger partial charge in [-0.2, -0.15) is 5.10 Å². The highest BCUT2D eigenvalue weighted by molar-refractivity contribution is 6.34. The maximum Gasteiger partial charge on any atom is 0.342 e. The van der Waals surface area contributed by atoms with Crippen molar-refractivity contribution in [1.82, 2.24) is 14.8 Å². The Morgan fingerprint density at radius 2 is 2.32 bits per heavy atom. The van der Waals surface area contributed by atoms with Crippen molar-refractivity contribution in [2.45, 2.75) is 20.1 Å². The van der Waals surface area contributed by atoms with Gasteiger partial charge in [-0.05, 0) is 19.1 Å². The van der Waals surface area contributed by atoms with Crippen molar-refractivity contribution in [3.05, 3.63) is 40.9 Å². The number of aryl methyl sites for hydroxylation is 1. The molecule has 100 valence electrons. The van der Waals surface area contributed by atoms with Gasteiger partial charge in [0.15, 0.2) is 12.4 Å². The largest absolute Gasteiger partial charge is 0.454 e. The summed E-state index contributed by atoms with van der Waals surface area (Å²) in [5.41, 5.74) is 6.17. The molecule has 0 amide bonds. The summed E-state index contributed by atoms with van der Waals surface area (Å²) in [5.74, 6) is -0.00442. The molecule has 2 N–H and O–H groups in total. The molecule has 2 rings (SSSR count). The van der Waals surface area contributed by atoms with Crippen molar-refractivity contribution in [1.29, 1.82) is 0 Å². The predicted molar refractivity (Wildman–Crippen MR) is 70.7 cm³/mol. The Morgan fingerprint density at radius 1 is 1.53 bits per heavy atom. The number of hydrogen-bond acceptors (Lipinski definition) is 5. The third-order valence-corrected chi connectivity index (χ3v) is 2.89. The maximum atomic E-state index is 11.9. The number of carbonyl (C=O) groups excluding carboxylic acids is 1. The van der Waals surface area contributed by atoms with E-state index in [2.05, 4.69) is 10.1 Å². The minimum absolute atomic E-state index is 0.0251. The first-order valence-electron chi connectivity index (χ1n) is 5.71. The number of rotatable bonds is 4. The zero-order valence-corrected chi connectivity index (χ0v) is 11.1. The van der Waals surface area contributed by atoms with E-state index in [1.54, 1.807) is 22.9 Å². The summed E-state index contributed by atoms with van der Waals surface area (Å²) in [4.78, 5) is 15.9. The molecular weight excluding hydrogens is 268 g/mol. The van der Waals surface area contributed by atoms with Gasteiger partial charge in [-0.25, -0.2) is 14.5 Å². The standard InChI is InChI=1S/C12H13ClN4O2/c1-2-17-10(15-7-16-17)6-19-12(18)11-8(13)4-3-5-9(11)14/h3-5,7H,2,6,14H2,1H3. The van der Waals surface area contributed by atoms with Crippen molar-refractivity contribution in [2.75, 3.05) is 5.73 Å². The number of anilines is 1. The molecule has 0 atom stereocenters. The summed E-state index contributed by atoms with van der Waals surface area (Å²) in [6.07, 6.45) is 1.41. The molecule has 1 heterocycles. The fraction of sp³-hybridized carbons (Fsp3) is 0.250. The molecule has 0 unspecified atom stereocenters. The summed E-state index contributed by atoms with van der Waals surface area (Å²) < 4.78 is 6.79. The van der Waals surface area contributed by atoms with E-state index in [9.17, 15) is 4.79 Å². The zero-order chi connectivity index (χ0) is 13.8. The van der Waals surface area contributed by atoms with E-state index in [1.807, 2.05) is 6.92 Å². The number of nitrogens with two attached hydrogens (primary N) is 1. The van der Waals surface area contributed by atoms with Crippen molar-refractivity contribution in [2.24, 2.45) is 0 Å². The van der Waals surface area contributed by atoms with Crippen molar-refractivity contribution < 1.29 is 9.53 Å². The summed E-state index contributed by atoms with van der Waals surface area (Å²) >= 11 is 5.93. The van der Waals surface area contributed by atoms with E-state index in [0.717, 1.165) is 0 Å². The summed E-state index contributed by atoms with van der Waals surface area (Å²) in [5, 5.41) is 4.25. The number of aromatic nitrogens is 3. The fourth-order valence-corrected chi connectivity index (χ4v) is 1.88. The van der Waals surface area contributed by atoms with Crippen LogP contribution < -0.4 is 5.73 Å². The molecule has 0 spiro atoms. The molecule has 2 aromatic rings. The second kappa shape index (κ2) is 5.71. The smallest absolute Gasteiger partial charge is 0.342 e. The van der Waals surface area contributed by atoms with E-state index >= 15 is 0 Å². The first kappa shape index (κ1) is 13.4. The quantitative estimate of drug-likeness (QED) is 0.683. The maximum absolute atomic E-state index is 11.9. The molecule has 0 saturated carbocycles. The van der Waals surface area contributed by atoms with Crippen LogP contribution in [0.3, 0.4) is 0 Å². The number of nitrogen functional groups attached to an aromatic ring is 1. The number of esters is 1. The second-order valence-electron chi connectivity index (χ2n) is 3.77. The van der Waals surface area contributed by atoms with Gasteiger partial charge in [0.25, 0.3) is 0 Å². The number of carbonyl (C=O) groups is 1. The fourth-order valence-electron chi connectivity index (χ4n) is 1.62. The first-order chi connectivity index (χ1) is 9.13. The van der Waals surface area contributed by atoms with Crippen LogP contribution in [-0.4, -0.2) is 20.7 Å². The molecule has 7 heteroatoms. The average molecular weight is 281 g/mol. The van der Waals surface area contributed by atoms with Crippen LogP contribution in [0.15, 0.2) is 24.5 Å². The van der Waals surface area contributed by atoms with Gasteiger partial charge >= 0.3 is 5.97 Å². The Hall–Kier alpha value is -2.08. The van der Waals surface area contributed by atoms with Crippen molar-refractivity contribution >= 4 is 23.3 Å². The molecule has 0 radical (unpaired) electrons. The summed E-state index contributed by atoms with van der Waals surface area (Å²) in [6, 6.07) is 4.85. The molecule has 0 saturated heterocycles. The highest BCUT2D eigenvalue weighted by Gasteiger charge is 2.16. The van der Waals surface area contributed by atoms with Gasteiger partial charge in [0.05, 0.1) is 5.02 Å². The van der Waals surface area contributed by atoms with Gasteiger partial charge in [0, 0.05) is 12.2 Å². The molecule has 6 nitrogen and oxygen atoms in total. The minimum atomic E-state index is -0.575. The molecule has 19 heavy (non-hydrogen) atoms. The number of benzene rings is 1. The monoisotopic (exact) mass is 280 g/mol. The van der Waals surface area contributed by atoms with Gasteiger partial charge in [0.1, 0.15) is 11.9 Å². The average Bonchev–Trinajstić information content (AvgIpc) is 2.83. The normalized spacial score (nSPS) is 10.4. The molecule has 0 aliphatic rings. The zero-order valence-electron chi connectivity index (χ0n) is 10.3. The Balaban J connectivity index is 2.10. The van der Waals surface area contributed by atoms with Crippen LogP contribution in [0.4, 0.5) is 5.69 Å². The first-order valence-corrected chi connectivity index (χ1v) is 6.09. The van der Waals surface area contributed by atoms with Gasteiger partial charge in [-0.15, -0.1) is 0 Å². The Labute approximate surface area is 115 Å². The van der Waals surface area contributed by atoms with E-state index in [1.165, 1.54) is 6.33 Å². The second-order valence-corrected chi connectivity index (χ2v) is 4.18. The lowest BCUT2D eigenvalue weighted by Crippen LogP contribution is -2.12.